The molecule has 0 aromatic heterocycles. The van der Waals surface area contributed by atoms with Crippen LogP contribution >= 0.6 is 12.2 Å². The molecule has 0 saturated carbocycles. The lowest BCUT2D eigenvalue weighted by atomic mass is 10.4. The fraction of sp³-hybridized carbons (Fsp3) is 0.833. The first kappa shape index (κ1) is 8.69. The molecule has 0 radical (unpaired) electrons. The minimum atomic E-state index is 0.489. The van der Waals surface area contributed by atoms with Crippen LogP contribution in [0.15, 0.2) is 0 Å². The summed E-state index contributed by atoms with van der Waals surface area (Å²) in [5.41, 5.74) is 0. The van der Waals surface area contributed by atoms with Crippen LogP contribution in [0.4, 0.5) is 0 Å². The van der Waals surface area contributed by atoms with Gasteiger partial charge in [-0.2, -0.15) is 0 Å². The predicted molar refractivity (Wildman–Crippen MR) is 42.5 cm³/mol. The summed E-state index contributed by atoms with van der Waals surface area (Å²) in [6, 6.07) is 0. The molecule has 0 aromatic rings. The summed E-state index contributed by atoms with van der Waals surface area (Å²) in [6.07, 6.45) is 2.22. The number of rotatable bonds is 3. The van der Waals surface area contributed by atoms with Gasteiger partial charge < -0.3 is 10.1 Å². The molecule has 0 unspecified atom stereocenters. The number of hydrogen-bond donors (Lipinski definition) is 1. The van der Waals surface area contributed by atoms with Crippen LogP contribution in [0.1, 0.15) is 19.8 Å². The summed E-state index contributed by atoms with van der Waals surface area (Å²) < 4.78 is 5.05. The van der Waals surface area contributed by atoms with Crippen molar-refractivity contribution in [2.75, 3.05) is 13.7 Å². The molecule has 0 bridgehead atoms. The number of unbranched alkanes of at least 4 members (excludes halogenated alkanes) is 1. The lowest BCUT2D eigenvalue weighted by molar-refractivity contribution is 0.293. The topological polar surface area (TPSA) is 21.3 Å². The van der Waals surface area contributed by atoms with E-state index in [1.165, 1.54) is 0 Å². The summed E-state index contributed by atoms with van der Waals surface area (Å²) in [7, 11) is 1.76. The van der Waals surface area contributed by atoms with Crippen molar-refractivity contribution in [3.8, 4) is 0 Å². The highest BCUT2D eigenvalue weighted by Gasteiger charge is 1.88. The maximum absolute atomic E-state index is 5.05. The van der Waals surface area contributed by atoms with Gasteiger partial charge >= 0.3 is 0 Å². The van der Waals surface area contributed by atoms with Crippen molar-refractivity contribution in [1.29, 1.82) is 0 Å². The van der Waals surface area contributed by atoms with Crippen molar-refractivity contribution in [1.82, 2.24) is 5.32 Å². The quantitative estimate of drug-likeness (QED) is 0.480. The molecular formula is C6H13NOS. The summed E-state index contributed by atoms with van der Waals surface area (Å²) in [5.74, 6) is 0. The van der Waals surface area contributed by atoms with E-state index in [2.05, 4.69) is 12.2 Å². The molecule has 3 heteroatoms. The Kier molecular flexibility index (Phi) is 5.62. The Bertz CT molecular complexity index is 85.1. The molecule has 0 saturated heterocycles. The van der Waals surface area contributed by atoms with Crippen LogP contribution in [0.2, 0.25) is 0 Å². The van der Waals surface area contributed by atoms with E-state index in [0.29, 0.717) is 5.17 Å². The molecule has 0 rings (SSSR count). The molecule has 9 heavy (non-hydrogen) atoms. The monoisotopic (exact) mass is 147 g/mol. The zero-order valence-corrected chi connectivity index (χ0v) is 6.75. The van der Waals surface area contributed by atoms with E-state index >= 15 is 0 Å². The molecule has 0 aliphatic rings. The van der Waals surface area contributed by atoms with Gasteiger partial charge in [0.15, 0.2) is 0 Å². The third kappa shape index (κ3) is 5.56. The van der Waals surface area contributed by atoms with E-state index in [1.54, 1.807) is 7.05 Å². The van der Waals surface area contributed by atoms with Gasteiger partial charge in [-0.3, -0.25) is 0 Å². The van der Waals surface area contributed by atoms with Crippen LogP contribution in [-0.4, -0.2) is 18.8 Å². The number of hydrogen-bond acceptors (Lipinski definition) is 2. The van der Waals surface area contributed by atoms with Crippen LogP contribution < -0.4 is 5.32 Å². The van der Waals surface area contributed by atoms with Gasteiger partial charge in [0, 0.05) is 7.05 Å². The van der Waals surface area contributed by atoms with Gasteiger partial charge in [-0.15, -0.1) is 0 Å². The Morgan fingerprint density at radius 3 is 2.78 bits per heavy atom. The van der Waals surface area contributed by atoms with Crippen LogP contribution in [0.3, 0.4) is 0 Å². The normalized spacial score (nSPS) is 8.67. The Morgan fingerprint density at radius 1 is 1.67 bits per heavy atom. The highest BCUT2D eigenvalue weighted by atomic mass is 32.1. The Hall–Kier alpha value is -0.310. The molecule has 0 spiro atoms. The molecule has 1 N–H and O–H groups in total. The minimum absolute atomic E-state index is 0.489. The molecule has 0 aromatic carbocycles. The van der Waals surface area contributed by atoms with Crippen molar-refractivity contribution in [2.45, 2.75) is 19.8 Å². The number of ether oxygens (including phenoxy) is 1. The highest BCUT2D eigenvalue weighted by Crippen LogP contribution is 1.87. The highest BCUT2D eigenvalue weighted by molar-refractivity contribution is 7.80. The minimum Gasteiger partial charge on any atom is -0.471 e. The van der Waals surface area contributed by atoms with Gasteiger partial charge in [-0.1, -0.05) is 13.3 Å². The molecule has 0 fully saturated rings. The molecule has 0 atom stereocenters. The van der Waals surface area contributed by atoms with Crippen LogP contribution in [0.25, 0.3) is 0 Å². The zero-order chi connectivity index (χ0) is 7.11. The van der Waals surface area contributed by atoms with Crippen molar-refractivity contribution in [3.63, 3.8) is 0 Å². The van der Waals surface area contributed by atoms with E-state index in [4.69, 9.17) is 17.0 Å². The Balaban J connectivity index is 2.97. The zero-order valence-electron chi connectivity index (χ0n) is 5.94. The summed E-state index contributed by atoms with van der Waals surface area (Å²) in [5, 5.41) is 3.22. The van der Waals surface area contributed by atoms with Gasteiger partial charge in [0.25, 0.3) is 5.17 Å². The average molecular weight is 147 g/mol. The summed E-state index contributed by atoms with van der Waals surface area (Å²) in [4.78, 5) is 0. The second-order valence-electron chi connectivity index (χ2n) is 1.74. The number of thiocarbonyl (C=S) groups is 1. The summed E-state index contributed by atoms with van der Waals surface area (Å²) >= 11 is 4.74. The molecule has 0 heterocycles. The molecule has 54 valence electrons. The second kappa shape index (κ2) is 5.82. The molecule has 0 amide bonds. The lowest BCUT2D eigenvalue weighted by Crippen LogP contribution is -2.19. The van der Waals surface area contributed by atoms with Gasteiger partial charge in [-0.25, -0.2) is 0 Å². The van der Waals surface area contributed by atoms with Crippen molar-refractivity contribution in [3.05, 3.63) is 0 Å². The standard InChI is InChI=1S/C6H13NOS/c1-3-4-5-8-6(9)7-2/h3-5H2,1-2H3,(H,7,9). The largest absolute Gasteiger partial charge is 0.471 e. The SMILES string of the molecule is CCCCOC(=S)NC. The fourth-order valence-electron chi connectivity index (χ4n) is 0.381. The smallest absolute Gasteiger partial charge is 0.256 e. The van der Waals surface area contributed by atoms with Gasteiger partial charge in [-0.05, 0) is 18.6 Å². The lowest BCUT2D eigenvalue weighted by Gasteiger charge is -2.03. The van der Waals surface area contributed by atoms with Crippen LogP contribution in [0, 0.1) is 0 Å². The van der Waals surface area contributed by atoms with E-state index in [1.807, 2.05) is 0 Å². The average Bonchev–Trinajstić information content (AvgIpc) is 1.89. The first-order valence-electron chi connectivity index (χ1n) is 3.15. The maximum Gasteiger partial charge on any atom is 0.256 e. The summed E-state index contributed by atoms with van der Waals surface area (Å²) in [6.45, 7) is 2.85. The van der Waals surface area contributed by atoms with Gasteiger partial charge in [0.2, 0.25) is 0 Å². The van der Waals surface area contributed by atoms with Crippen molar-refractivity contribution in [2.24, 2.45) is 0 Å². The molecule has 0 aliphatic carbocycles. The van der Waals surface area contributed by atoms with E-state index in [-0.39, 0.29) is 0 Å². The van der Waals surface area contributed by atoms with Crippen LogP contribution in [-0.2, 0) is 4.74 Å². The predicted octanol–water partition coefficient (Wildman–Crippen LogP) is 1.31. The van der Waals surface area contributed by atoms with Gasteiger partial charge in [0.05, 0.1) is 6.61 Å². The maximum atomic E-state index is 5.05. The molecular weight excluding hydrogens is 134 g/mol. The second-order valence-corrected chi connectivity index (χ2v) is 2.11. The van der Waals surface area contributed by atoms with Crippen molar-refractivity contribution >= 4 is 17.4 Å². The van der Waals surface area contributed by atoms with Gasteiger partial charge in [0.1, 0.15) is 0 Å². The van der Waals surface area contributed by atoms with Crippen molar-refractivity contribution < 1.29 is 4.74 Å². The molecule has 2 nitrogen and oxygen atoms in total. The number of nitrogens with one attached hydrogen (secondary N) is 1. The van der Waals surface area contributed by atoms with Crippen LogP contribution in [0.5, 0.6) is 0 Å². The first-order chi connectivity index (χ1) is 4.31. The Morgan fingerprint density at radius 2 is 2.33 bits per heavy atom. The molecule has 0 aliphatic heterocycles. The van der Waals surface area contributed by atoms with E-state index in [9.17, 15) is 0 Å². The van der Waals surface area contributed by atoms with E-state index in [0.717, 1.165) is 19.4 Å². The fourth-order valence-corrected chi connectivity index (χ4v) is 0.465. The third-order valence-corrected chi connectivity index (χ3v) is 1.26. The Labute approximate surface area is 61.6 Å². The third-order valence-electron chi connectivity index (χ3n) is 0.935. The first-order valence-corrected chi connectivity index (χ1v) is 3.56. The van der Waals surface area contributed by atoms with E-state index < -0.39 is 0 Å².